The van der Waals surface area contributed by atoms with E-state index in [4.69, 9.17) is 14.7 Å². The second-order valence-corrected chi connectivity index (χ2v) is 12.8. The summed E-state index contributed by atoms with van der Waals surface area (Å²) in [6, 6.07) is 15.3. The predicted molar refractivity (Wildman–Crippen MR) is 187 cm³/mol. The highest BCUT2D eigenvalue weighted by molar-refractivity contribution is 6.00. The number of aromatic nitrogens is 6. The molecule has 0 spiro atoms. The van der Waals surface area contributed by atoms with Gasteiger partial charge in [0.25, 0.3) is 0 Å². The molecule has 3 aliphatic heterocycles. The summed E-state index contributed by atoms with van der Waals surface area (Å²) >= 11 is 0. The zero-order valence-corrected chi connectivity index (χ0v) is 27.7. The molecule has 5 heterocycles. The van der Waals surface area contributed by atoms with Gasteiger partial charge in [-0.1, -0.05) is 54.8 Å². The van der Waals surface area contributed by atoms with E-state index in [1.165, 1.54) is 16.8 Å². The van der Waals surface area contributed by atoms with Crippen LogP contribution in [0.2, 0.25) is 0 Å². The van der Waals surface area contributed by atoms with Crippen LogP contribution in [0.4, 0.5) is 11.5 Å². The molecule has 1 amide bonds. The van der Waals surface area contributed by atoms with Crippen molar-refractivity contribution in [2.75, 3.05) is 55.7 Å². The molecule has 49 heavy (non-hydrogen) atoms. The molecule has 4 aromatic rings. The Morgan fingerprint density at radius 1 is 1.08 bits per heavy atom. The zero-order chi connectivity index (χ0) is 33.7. The summed E-state index contributed by atoms with van der Waals surface area (Å²) in [5, 5.41) is 26.4. The Labute approximate surface area is 285 Å². The van der Waals surface area contributed by atoms with Crippen LogP contribution in [0.25, 0.3) is 16.8 Å². The van der Waals surface area contributed by atoms with Gasteiger partial charge in [-0.2, -0.15) is 20.4 Å². The number of ether oxygens (including phenoxy) is 1. The molecular formula is C36H41N11O2. The minimum atomic E-state index is -0.265. The molecular weight excluding hydrogens is 618 g/mol. The van der Waals surface area contributed by atoms with Gasteiger partial charge in [0.05, 0.1) is 30.8 Å². The fraction of sp³-hybridized carbons (Fsp3) is 0.417. The smallest absolute Gasteiger partial charge is 0.318 e. The number of carbonyl (C=O) groups excluding carboxylic acids is 1. The van der Waals surface area contributed by atoms with Crippen molar-refractivity contribution in [3.8, 4) is 12.1 Å². The molecule has 0 saturated carbocycles. The maximum Gasteiger partial charge on any atom is 0.318 e. The van der Waals surface area contributed by atoms with E-state index < -0.39 is 0 Å². The summed E-state index contributed by atoms with van der Waals surface area (Å²) in [6.45, 7) is 13.0. The molecule has 13 heteroatoms. The average Bonchev–Trinajstić information content (AvgIpc) is 3.84. The molecule has 252 valence electrons. The number of carbonyl (C=O) groups is 1. The Bertz CT molecular complexity index is 1870. The average molecular weight is 660 g/mol. The number of nitrogens with one attached hydrogen (secondary N) is 1. The fourth-order valence-corrected chi connectivity index (χ4v) is 7.52. The SMILES string of the molecule is C=CC(=O)N1CCN(c2nc(OC[C@@H]3CCCN3CCc3nn[nH]n3)nc3c2CCN(c2cccc4cccc(C=C)c24)C3)C[C@@H]1CC#N. The molecule has 2 saturated heterocycles. The van der Waals surface area contributed by atoms with Crippen LogP contribution in [0.15, 0.2) is 55.6 Å². The molecule has 3 aliphatic rings. The Morgan fingerprint density at radius 3 is 2.76 bits per heavy atom. The van der Waals surface area contributed by atoms with E-state index in [0.29, 0.717) is 51.0 Å². The van der Waals surface area contributed by atoms with E-state index in [9.17, 15) is 10.1 Å². The number of aromatic amines is 1. The van der Waals surface area contributed by atoms with E-state index in [0.717, 1.165) is 67.2 Å². The lowest BCUT2D eigenvalue weighted by atomic mass is 9.99. The third-order valence-corrected chi connectivity index (χ3v) is 9.98. The Balaban J connectivity index is 1.18. The highest BCUT2D eigenvalue weighted by Crippen LogP contribution is 2.36. The monoisotopic (exact) mass is 659 g/mol. The normalized spacial score (nSPS) is 19.4. The van der Waals surface area contributed by atoms with Gasteiger partial charge in [-0.3, -0.25) is 9.69 Å². The van der Waals surface area contributed by atoms with Crippen molar-refractivity contribution in [3.63, 3.8) is 0 Å². The van der Waals surface area contributed by atoms with Gasteiger partial charge in [0.1, 0.15) is 12.4 Å². The summed E-state index contributed by atoms with van der Waals surface area (Å²) in [7, 11) is 0. The standard InChI is InChI=1S/C36H41N11O2/c1-3-25-8-5-9-26-10-6-12-31(34(25)26)45-18-14-29-30(23-45)38-36(49-24-28-11-7-17-44(28)19-15-32-40-42-43-41-32)39-35(29)46-20-21-47(33(48)4-2)27(22-46)13-16-37/h3-6,8-10,12,27-28H,1-2,7,11,13-15,17-24H2,(H,40,41,42,43)/t27-,28-/m0/s1. The second kappa shape index (κ2) is 14.4. The first-order valence-electron chi connectivity index (χ1n) is 17.0. The van der Waals surface area contributed by atoms with Crippen molar-refractivity contribution in [1.29, 1.82) is 5.26 Å². The maximum absolute atomic E-state index is 12.6. The number of nitriles is 1. The van der Waals surface area contributed by atoms with Crippen molar-refractivity contribution in [3.05, 3.63) is 78.3 Å². The largest absolute Gasteiger partial charge is 0.462 e. The lowest BCUT2D eigenvalue weighted by Gasteiger charge is -2.42. The van der Waals surface area contributed by atoms with Crippen LogP contribution in [0, 0.1) is 11.3 Å². The molecule has 0 aliphatic carbocycles. The predicted octanol–water partition coefficient (Wildman–Crippen LogP) is 3.55. The summed E-state index contributed by atoms with van der Waals surface area (Å²) in [4.78, 5) is 31.5. The first kappa shape index (κ1) is 32.2. The highest BCUT2D eigenvalue weighted by atomic mass is 16.5. The molecule has 0 radical (unpaired) electrons. The van der Waals surface area contributed by atoms with Gasteiger partial charge in [-0.05, 0) is 48.9 Å². The van der Waals surface area contributed by atoms with Crippen LogP contribution in [-0.2, 0) is 24.2 Å². The number of hydrogen-bond acceptors (Lipinski definition) is 11. The van der Waals surface area contributed by atoms with Gasteiger partial charge in [0.15, 0.2) is 5.82 Å². The third-order valence-electron chi connectivity index (χ3n) is 9.98. The molecule has 0 unspecified atom stereocenters. The van der Waals surface area contributed by atoms with Crippen molar-refractivity contribution in [2.24, 2.45) is 0 Å². The van der Waals surface area contributed by atoms with Gasteiger partial charge in [0.2, 0.25) is 5.91 Å². The number of fused-ring (bicyclic) bond motifs is 2. The quantitative estimate of drug-likeness (QED) is 0.236. The van der Waals surface area contributed by atoms with Crippen LogP contribution in [-0.4, -0.2) is 104 Å². The molecule has 0 bridgehead atoms. The first-order valence-corrected chi connectivity index (χ1v) is 17.0. The van der Waals surface area contributed by atoms with E-state index in [2.05, 4.69) is 90.9 Å². The fourth-order valence-electron chi connectivity index (χ4n) is 7.52. The number of benzene rings is 2. The Kier molecular flexibility index (Phi) is 9.47. The van der Waals surface area contributed by atoms with Gasteiger partial charge in [-0.15, -0.1) is 10.2 Å². The number of anilines is 2. The molecule has 7 rings (SSSR count). The van der Waals surface area contributed by atoms with Crippen molar-refractivity contribution >= 4 is 34.3 Å². The summed E-state index contributed by atoms with van der Waals surface area (Å²) in [5.74, 6) is 1.38. The molecule has 2 aromatic heterocycles. The topological polar surface area (TPSA) is 143 Å². The zero-order valence-electron chi connectivity index (χ0n) is 27.7. The van der Waals surface area contributed by atoms with Crippen molar-refractivity contribution in [1.82, 2.24) is 40.4 Å². The van der Waals surface area contributed by atoms with Gasteiger partial charge in [0, 0.05) is 61.8 Å². The number of piperazine rings is 1. The lowest BCUT2D eigenvalue weighted by Crippen LogP contribution is -2.55. The van der Waals surface area contributed by atoms with Crippen molar-refractivity contribution < 1.29 is 9.53 Å². The second-order valence-electron chi connectivity index (χ2n) is 12.8. The number of tetrazole rings is 1. The van der Waals surface area contributed by atoms with E-state index >= 15 is 0 Å². The van der Waals surface area contributed by atoms with Crippen LogP contribution in [0.3, 0.4) is 0 Å². The van der Waals surface area contributed by atoms with E-state index in [-0.39, 0.29) is 24.4 Å². The molecule has 13 nitrogen and oxygen atoms in total. The minimum absolute atomic E-state index is 0.154. The summed E-state index contributed by atoms with van der Waals surface area (Å²) in [5.41, 5.74) is 4.27. The van der Waals surface area contributed by atoms with Crippen LogP contribution >= 0.6 is 0 Å². The number of likely N-dealkylation sites (tertiary alicyclic amines) is 1. The molecule has 2 fully saturated rings. The van der Waals surface area contributed by atoms with Gasteiger partial charge >= 0.3 is 6.01 Å². The number of nitrogens with zero attached hydrogens (tertiary/aromatic N) is 10. The van der Waals surface area contributed by atoms with Crippen LogP contribution in [0.1, 0.15) is 41.9 Å². The number of rotatable bonds is 11. The van der Waals surface area contributed by atoms with Gasteiger partial charge < -0.3 is 19.4 Å². The van der Waals surface area contributed by atoms with E-state index in [1.54, 1.807) is 4.90 Å². The Hall–Kier alpha value is -5.35. The lowest BCUT2D eigenvalue weighted by molar-refractivity contribution is -0.128. The van der Waals surface area contributed by atoms with Gasteiger partial charge in [-0.25, -0.2) is 0 Å². The van der Waals surface area contributed by atoms with E-state index in [1.807, 2.05) is 6.08 Å². The summed E-state index contributed by atoms with van der Waals surface area (Å²) in [6.07, 6.45) is 7.06. The third kappa shape index (κ3) is 6.69. The molecule has 2 atom stereocenters. The number of hydrogen-bond donors (Lipinski definition) is 1. The summed E-state index contributed by atoms with van der Waals surface area (Å²) < 4.78 is 6.45. The molecule has 2 aromatic carbocycles. The highest BCUT2D eigenvalue weighted by Gasteiger charge is 2.34. The van der Waals surface area contributed by atoms with Crippen LogP contribution < -0.4 is 14.5 Å². The number of amides is 1. The number of H-pyrrole nitrogens is 1. The van der Waals surface area contributed by atoms with Crippen molar-refractivity contribution in [2.45, 2.75) is 50.7 Å². The van der Waals surface area contributed by atoms with Crippen LogP contribution in [0.5, 0.6) is 6.01 Å². The molecule has 1 N–H and O–H groups in total. The minimum Gasteiger partial charge on any atom is -0.462 e. The maximum atomic E-state index is 12.6. The first-order chi connectivity index (χ1) is 24.1. The Morgan fingerprint density at radius 2 is 1.96 bits per heavy atom.